The Morgan fingerprint density at radius 1 is 0.212 bits per heavy atom. The molecule has 0 N–H and O–H groups in total. The minimum Gasteiger partial charge on any atom is -0.0654 e. The standard InChI is InChI=1S/C85H172/c1-13-21-28-34-39-43-46-49-50-53-56-60-64-70-76-83(74-68-62-58-42-37-31-24-16-4,75-69-63-59-55-52-48-45-41-36-30-23-15-3)84(77-71-33-26-18-6,78-72-65-38-32-25-17-5)85(82(10,11)12,79-67-27-19-7)81(80(9)20-8)73-66-61-57-54-51-47-44-40-35-29-22-14-2/h80-81H,13-79H2,1-12H3. The van der Waals surface area contributed by atoms with Gasteiger partial charge in [-0.05, 0) is 78.4 Å². The van der Waals surface area contributed by atoms with Crippen molar-refractivity contribution >= 4 is 0 Å². The molecule has 0 saturated carbocycles. The van der Waals surface area contributed by atoms with Gasteiger partial charge in [-0.1, -0.05) is 468 Å². The predicted molar refractivity (Wildman–Crippen MR) is 394 cm³/mol. The molecule has 0 radical (unpaired) electrons. The third kappa shape index (κ3) is 40.6. The molecule has 512 valence electrons. The van der Waals surface area contributed by atoms with E-state index < -0.39 is 0 Å². The maximum atomic E-state index is 2.90. The molecule has 0 fully saturated rings. The minimum absolute atomic E-state index is 0.246. The number of rotatable bonds is 71. The molecule has 0 aliphatic rings. The second-order valence-corrected chi connectivity index (χ2v) is 31.2. The van der Waals surface area contributed by atoms with Crippen molar-refractivity contribution in [1.82, 2.24) is 0 Å². The van der Waals surface area contributed by atoms with E-state index in [1.807, 2.05) is 0 Å². The Bertz CT molecular complexity index is 1270. The van der Waals surface area contributed by atoms with Crippen molar-refractivity contribution in [3.8, 4) is 0 Å². The molecule has 0 rings (SSSR count). The fourth-order valence-electron chi connectivity index (χ4n) is 17.9. The molecule has 85 heavy (non-hydrogen) atoms. The van der Waals surface area contributed by atoms with E-state index in [0.717, 1.165) is 11.8 Å². The molecule has 0 aromatic rings. The van der Waals surface area contributed by atoms with Crippen LogP contribution in [0.4, 0.5) is 0 Å². The molecule has 0 saturated heterocycles. The van der Waals surface area contributed by atoms with Gasteiger partial charge >= 0.3 is 0 Å². The maximum absolute atomic E-state index is 2.90. The first-order valence-electron chi connectivity index (χ1n) is 41.5. The highest BCUT2D eigenvalue weighted by molar-refractivity contribution is 5.15. The average molecular weight is 1190 g/mol. The normalized spacial score (nSPS) is 15.1. The summed E-state index contributed by atoms with van der Waals surface area (Å²) >= 11 is 0. The van der Waals surface area contributed by atoms with Crippen LogP contribution in [0.15, 0.2) is 0 Å². The van der Waals surface area contributed by atoms with Crippen molar-refractivity contribution < 1.29 is 0 Å². The Morgan fingerprint density at radius 3 is 0.635 bits per heavy atom. The molecule has 0 heteroatoms. The Balaban J connectivity index is 8.01. The Kier molecular flexibility index (Phi) is 61.5. The van der Waals surface area contributed by atoms with Crippen molar-refractivity contribution in [1.29, 1.82) is 0 Å². The molecular formula is C85H172. The summed E-state index contributed by atoms with van der Waals surface area (Å²) in [5.41, 5.74) is 1.36. The topological polar surface area (TPSA) is 0 Å². The van der Waals surface area contributed by atoms with Gasteiger partial charge in [0.05, 0.1) is 0 Å². The smallest absolute Gasteiger partial charge is 0.0156 e. The third-order valence-corrected chi connectivity index (χ3v) is 23.2. The lowest BCUT2D eigenvalue weighted by atomic mass is 9.34. The van der Waals surface area contributed by atoms with Crippen LogP contribution in [-0.2, 0) is 0 Å². The molecule has 0 spiro atoms. The van der Waals surface area contributed by atoms with Crippen LogP contribution in [0.25, 0.3) is 0 Å². The Labute approximate surface area is 543 Å². The summed E-state index contributed by atoms with van der Waals surface area (Å²) in [4.78, 5) is 0. The second kappa shape index (κ2) is 61.5. The second-order valence-electron chi connectivity index (χ2n) is 31.2. The zero-order chi connectivity index (χ0) is 62.5. The lowest BCUT2D eigenvalue weighted by Gasteiger charge is -2.70. The van der Waals surface area contributed by atoms with Crippen LogP contribution in [0.1, 0.15) is 513 Å². The molecule has 0 aromatic heterocycles. The van der Waals surface area contributed by atoms with Gasteiger partial charge in [0, 0.05) is 0 Å². The lowest BCUT2D eigenvalue weighted by Crippen LogP contribution is -2.63. The van der Waals surface area contributed by atoms with Gasteiger partial charge in [-0.2, -0.15) is 0 Å². The van der Waals surface area contributed by atoms with Crippen LogP contribution < -0.4 is 0 Å². The number of unbranched alkanes of at least 4 members (excludes halogenated alkanes) is 52. The van der Waals surface area contributed by atoms with E-state index in [1.54, 1.807) is 19.3 Å². The van der Waals surface area contributed by atoms with Crippen LogP contribution >= 0.6 is 0 Å². The largest absolute Gasteiger partial charge is 0.0654 e. The zero-order valence-corrected chi connectivity index (χ0v) is 62.5. The number of hydrogen-bond acceptors (Lipinski definition) is 0. The predicted octanol–water partition coefficient (Wildman–Crippen LogP) is 32.5. The highest BCUT2D eigenvalue weighted by atomic mass is 14.7. The van der Waals surface area contributed by atoms with Gasteiger partial charge in [-0.15, -0.1) is 0 Å². The molecular weight excluding hydrogens is 1020 g/mol. The molecule has 0 nitrogen and oxygen atoms in total. The molecule has 5 unspecified atom stereocenters. The van der Waals surface area contributed by atoms with Gasteiger partial charge < -0.3 is 0 Å². The molecule has 0 amide bonds. The highest BCUT2D eigenvalue weighted by Crippen LogP contribution is 2.74. The van der Waals surface area contributed by atoms with Gasteiger partial charge in [0.15, 0.2) is 0 Å². The van der Waals surface area contributed by atoms with Crippen LogP contribution in [0, 0.1) is 33.5 Å². The summed E-state index contributed by atoms with van der Waals surface area (Å²) in [6, 6.07) is 0. The van der Waals surface area contributed by atoms with Gasteiger partial charge in [-0.25, -0.2) is 0 Å². The Morgan fingerprint density at radius 2 is 0.400 bits per heavy atom. The van der Waals surface area contributed by atoms with Crippen molar-refractivity contribution in [3.05, 3.63) is 0 Å². The zero-order valence-electron chi connectivity index (χ0n) is 62.5. The summed E-state index contributed by atoms with van der Waals surface area (Å²) in [5.74, 6) is 1.58. The Hall–Kier alpha value is 0. The molecule has 5 atom stereocenters. The molecule has 0 aromatic carbocycles. The minimum atomic E-state index is 0.246. The van der Waals surface area contributed by atoms with E-state index in [2.05, 4.69) is 83.1 Å². The van der Waals surface area contributed by atoms with Crippen LogP contribution in [0.3, 0.4) is 0 Å². The van der Waals surface area contributed by atoms with E-state index in [9.17, 15) is 0 Å². The molecule has 0 bridgehead atoms. The summed E-state index contributed by atoms with van der Waals surface area (Å²) in [6.07, 6.45) is 98.1. The SMILES string of the molecule is CCCCCCCCCCCCCCCCC(CCCCCCCCCC)(CCCCCCCCCCCCCC)C(CCCCCC)(CCCCCCCC)C(CCCCC)(C(CCCCCCCCCCCCCC)C(C)CC)C(C)(C)C. The van der Waals surface area contributed by atoms with Gasteiger partial charge in [0.25, 0.3) is 0 Å². The summed E-state index contributed by atoms with van der Waals surface area (Å²) < 4.78 is 0. The maximum Gasteiger partial charge on any atom is -0.0156 e. The van der Waals surface area contributed by atoms with Crippen molar-refractivity contribution in [2.24, 2.45) is 33.5 Å². The molecule has 0 heterocycles. The monoisotopic (exact) mass is 1190 g/mol. The number of hydrogen-bond donors (Lipinski definition) is 0. The quantitative estimate of drug-likeness (QED) is 0.0533. The first-order valence-corrected chi connectivity index (χ1v) is 41.5. The van der Waals surface area contributed by atoms with Gasteiger partial charge in [0.2, 0.25) is 0 Å². The van der Waals surface area contributed by atoms with Crippen molar-refractivity contribution in [2.75, 3.05) is 0 Å². The molecule has 0 aliphatic heterocycles. The summed E-state index contributed by atoms with van der Waals surface area (Å²) in [5, 5.41) is 0. The van der Waals surface area contributed by atoms with Crippen molar-refractivity contribution in [3.63, 3.8) is 0 Å². The van der Waals surface area contributed by atoms with E-state index in [0.29, 0.717) is 16.2 Å². The van der Waals surface area contributed by atoms with E-state index in [-0.39, 0.29) is 5.41 Å². The summed E-state index contributed by atoms with van der Waals surface area (Å²) in [6.45, 7) is 31.1. The molecule has 0 aliphatic carbocycles. The average Bonchev–Trinajstić information content (AvgIpc) is 0.737. The fraction of sp³-hybridized carbons (Fsp3) is 1.00. The van der Waals surface area contributed by atoms with E-state index in [4.69, 9.17) is 0 Å². The van der Waals surface area contributed by atoms with Crippen LogP contribution in [-0.4, -0.2) is 0 Å². The fourth-order valence-corrected chi connectivity index (χ4v) is 17.9. The van der Waals surface area contributed by atoms with Crippen LogP contribution in [0.5, 0.6) is 0 Å². The summed E-state index contributed by atoms with van der Waals surface area (Å²) in [7, 11) is 0. The van der Waals surface area contributed by atoms with Gasteiger partial charge in [0.1, 0.15) is 0 Å². The first-order chi connectivity index (χ1) is 41.5. The first kappa shape index (κ1) is 85.0. The van der Waals surface area contributed by atoms with E-state index >= 15 is 0 Å². The third-order valence-electron chi connectivity index (χ3n) is 23.2. The highest BCUT2D eigenvalue weighted by Gasteiger charge is 2.66. The lowest BCUT2D eigenvalue weighted by molar-refractivity contribution is -0.217. The van der Waals surface area contributed by atoms with Gasteiger partial charge in [-0.3, -0.25) is 0 Å². The van der Waals surface area contributed by atoms with E-state index in [1.165, 1.54) is 411 Å². The van der Waals surface area contributed by atoms with Crippen molar-refractivity contribution in [2.45, 2.75) is 513 Å². The van der Waals surface area contributed by atoms with Crippen LogP contribution in [0.2, 0.25) is 0 Å².